The summed E-state index contributed by atoms with van der Waals surface area (Å²) in [6, 6.07) is 40.2. The number of hydrogen-bond acceptors (Lipinski definition) is 2. The molecule has 0 atom stereocenters. The molecule has 2 aliphatic rings. The lowest BCUT2D eigenvalue weighted by molar-refractivity contribution is 0.463. The highest BCUT2D eigenvalue weighted by molar-refractivity contribution is 6.98. The first-order valence-corrected chi connectivity index (χ1v) is 20.1. The second kappa shape index (κ2) is 11.2. The van der Waals surface area contributed by atoms with Crippen LogP contribution >= 0.6 is 0 Å². The van der Waals surface area contributed by atoms with Crippen LogP contribution in [0.4, 0.5) is 0 Å². The number of rotatable bonds is 1. The van der Waals surface area contributed by atoms with E-state index in [1.807, 2.05) is 72.8 Å². The van der Waals surface area contributed by atoms with Crippen molar-refractivity contribution in [2.24, 2.45) is 14.0 Å². The molecule has 5 heterocycles. The zero-order chi connectivity index (χ0) is 44.6. The average molecular weight is 760 g/mol. The summed E-state index contributed by atoms with van der Waals surface area (Å²) < 4.78 is 73.2. The van der Waals surface area contributed by atoms with Gasteiger partial charge in [-0.25, -0.2) is 0 Å². The van der Waals surface area contributed by atoms with Gasteiger partial charge in [0.15, 0.2) is 0 Å². The van der Waals surface area contributed by atoms with E-state index in [0.29, 0.717) is 60.6 Å². The molecule has 3 aromatic heterocycles. The molecule has 5 nitrogen and oxygen atoms in total. The molecule has 6 heteroatoms. The molecular weight excluding hydrogens is 709 g/mol. The molecule has 7 aromatic carbocycles. The summed E-state index contributed by atoms with van der Waals surface area (Å²) in [7, 11) is 0. The van der Waals surface area contributed by atoms with Crippen molar-refractivity contribution in [3.05, 3.63) is 132 Å². The largest absolute Gasteiger partial charge is 0.458 e. The van der Waals surface area contributed by atoms with Crippen molar-refractivity contribution in [2.45, 2.75) is 52.4 Å². The van der Waals surface area contributed by atoms with E-state index in [1.54, 1.807) is 0 Å². The highest BCUT2D eigenvalue weighted by Gasteiger charge is 2.42. The quantitative estimate of drug-likeness (QED) is 0.156. The van der Waals surface area contributed by atoms with E-state index in [-0.39, 0.29) is 17.5 Å². The van der Waals surface area contributed by atoms with Crippen molar-refractivity contribution in [1.29, 1.82) is 0 Å². The molecular formula is C52H44BN3O2. The van der Waals surface area contributed by atoms with Crippen LogP contribution in [0, 0.1) is 0 Å². The molecule has 58 heavy (non-hydrogen) atoms. The van der Waals surface area contributed by atoms with Crippen LogP contribution in [0.25, 0.3) is 71.1 Å². The third-order valence-corrected chi connectivity index (χ3v) is 12.8. The standard InChI is InChI=1S/C52H44BN3O2/c1-51(2,3)29-21-23-40-35(25-29)53-36-26-30(52(4,5)6)22-24-41(36)58-43-28-31(27-42(57-40)47(43)53)56-39-20-14-11-17-34(39)46-49-44(32-15-9-12-18-37(32)54(49)7)48-45(50(46)56)33-16-10-13-19-38(33)55(48)8/h9-28H,1-8H3/i7D3,8D3. The second-order valence-electron chi connectivity index (χ2n) is 18.2. The van der Waals surface area contributed by atoms with Crippen LogP contribution in [0.15, 0.2) is 121 Å². The third kappa shape index (κ3) is 4.33. The molecule has 0 saturated carbocycles. The van der Waals surface area contributed by atoms with E-state index in [4.69, 9.17) is 17.7 Å². The number of aryl methyl sites for hydroxylation is 2. The maximum absolute atomic E-state index is 9.03. The Balaban J connectivity index is 1.26. The lowest BCUT2D eigenvalue weighted by Gasteiger charge is -2.35. The maximum Gasteiger partial charge on any atom is 0.260 e. The van der Waals surface area contributed by atoms with Gasteiger partial charge in [0.1, 0.15) is 23.0 Å². The van der Waals surface area contributed by atoms with Gasteiger partial charge in [0.2, 0.25) is 0 Å². The van der Waals surface area contributed by atoms with Crippen LogP contribution in [0.5, 0.6) is 23.0 Å². The number of para-hydroxylation sites is 3. The van der Waals surface area contributed by atoms with Crippen LogP contribution in [0.2, 0.25) is 0 Å². The lowest BCUT2D eigenvalue weighted by atomic mass is 9.34. The first kappa shape index (κ1) is 28.1. The highest BCUT2D eigenvalue weighted by Crippen LogP contribution is 2.49. The van der Waals surface area contributed by atoms with Crippen LogP contribution in [0.1, 0.15) is 60.9 Å². The molecule has 0 bridgehead atoms. The topological polar surface area (TPSA) is 33.2 Å². The minimum Gasteiger partial charge on any atom is -0.458 e. The Hall–Kier alpha value is -6.40. The molecule has 0 unspecified atom stereocenters. The molecule has 282 valence electrons. The van der Waals surface area contributed by atoms with E-state index in [1.165, 1.54) is 20.3 Å². The Kier molecular flexibility index (Phi) is 5.41. The Morgan fingerprint density at radius 1 is 0.483 bits per heavy atom. The normalized spacial score (nSPS) is 15.7. The Morgan fingerprint density at radius 3 is 1.38 bits per heavy atom. The summed E-state index contributed by atoms with van der Waals surface area (Å²) in [4.78, 5) is 0. The lowest BCUT2D eigenvalue weighted by Crippen LogP contribution is -2.57. The van der Waals surface area contributed by atoms with Crippen molar-refractivity contribution < 1.29 is 17.7 Å². The Bertz CT molecular complexity index is 3560. The van der Waals surface area contributed by atoms with Gasteiger partial charge in [0.05, 0.1) is 27.8 Å². The summed E-state index contributed by atoms with van der Waals surface area (Å²) in [6.07, 6.45) is 0. The smallest absolute Gasteiger partial charge is 0.260 e. The fourth-order valence-electron chi connectivity index (χ4n) is 9.97. The first-order valence-electron chi connectivity index (χ1n) is 23.1. The molecule has 0 saturated heterocycles. The van der Waals surface area contributed by atoms with Crippen LogP contribution in [0.3, 0.4) is 0 Å². The zero-order valence-electron chi connectivity index (χ0n) is 39.3. The van der Waals surface area contributed by atoms with Gasteiger partial charge in [-0.3, -0.25) is 0 Å². The highest BCUT2D eigenvalue weighted by atomic mass is 16.5. The number of benzene rings is 7. The predicted molar refractivity (Wildman–Crippen MR) is 244 cm³/mol. The van der Waals surface area contributed by atoms with Gasteiger partial charge in [-0.1, -0.05) is 120 Å². The van der Waals surface area contributed by atoms with Crippen LogP contribution < -0.4 is 25.9 Å². The molecule has 0 N–H and O–H groups in total. The number of nitrogens with zero attached hydrogens (tertiary/aromatic N) is 3. The molecule has 0 aliphatic carbocycles. The molecule has 0 fully saturated rings. The van der Waals surface area contributed by atoms with E-state index in [0.717, 1.165) is 49.9 Å². The molecule has 12 rings (SSSR count). The van der Waals surface area contributed by atoms with Crippen molar-refractivity contribution >= 4 is 88.5 Å². The van der Waals surface area contributed by atoms with Crippen molar-refractivity contribution in [2.75, 3.05) is 0 Å². The monoisotopic (exact) mass is 759 g/mol. The van der Waals surface area contributed by atoms with Crippen molar-refractivity contribution in [3.8, 4) is 28.7 Å². The van der Waals surface area contributed by atoms with Crippen molar-refractivity contribution in [3.63, 3.8) is 0 Å². The summed E-state index contributed by atoms with van der Waals surface area (Å²) in [5.41, 5.74) is 9.51. The predicted octanol–water partition coefficient (Wildman–Crippen LogP) is 11.4. The van der Waals surface area contributed by atoms with Crippen LogP contribution in [-0.4, -0.2) is 20.4 Å². The summed E-state index contributed by atoms with van der Waals surface area (Å²) >= 11 is 0. The fraction of sp³-hybridized carbons (Fsp3) is 0.192. The van der Waals surface area contributed by atoms with Crippen LogP contribution in [-0.2, 0) is 24.8 Å². The van der Waals surface area contributed by atoms with Gasteiger partial charge in [-0.15, -0.1) is 0 Å². The van der Waals surface area contributed by atoms with E-state index in [2.05, 4.69) is 94.6 Å². The SMILES string of the molecule is [2H]C([2H])([2H])n1c2ccccc2c2c3c(c4ccccc4n3-c3cc4c5c(c3)Oc3ccc(C(C)(C)C)cc3B5c3cc(C(C)(C)C)ccc3O4)c3c(c4ccccc4n3C([2H])([2H])[2H])c21. The molecule has 0 spiro atoms. The maximum atomic E-state index is 9.03. The van der Waals surface area contributed by atoms with Gasteiger partial charge in [-0.05, 0) is 63.2 Å². The summed E-state index contributed by atoms with van der Waals surface area (Å²) in [5, 5.41) is 4.24. The minimum atomic E-state index is -2.62. The number of ether oxygens (including phenoxy) is 2. The average Bonchev–Trinajstić information content (AvgIpc) is 3.88. The molecule has 0 amide bonds. The van der Waals surface area contributed by atoms with Crippen molar-refractivity contribution in [1.82, 2.24) is 13.7 Å². The van der Waals surface area contributed by atoms with Gasteiger partial charge in [-0.2, -0.15) is 0 Å². The number of aromatic nitrogens is 3. The summed E-state index contributed by atoms with van der Waals surface area (Å²) in [5.74, 6) is 2.86. The summed E-state index contributed by atoms with van der Waals surface area (Å²) in [6.45, 7) is 7.95. The van der Waals surface area contributed by atoms with Gasteiger partial charge < -0.3 is 23.2 Å². The van der Waals surface area contributed by atoms with E-state index < -0.39 is 14.0 Å². The Labute approximate surface area is 346 Å². The molecule has 10 aromatic rings. The number of hydrogen-bond donors (Lipinski definition) is 0. The Morgan fingerprint density at radius 2 is 0.914 bits per heavy atom. The fourth-order valence-corrected chi connectivity index (χ4v) is 9.97. The van der Waals surface area contributed by atoms with E-state index >= 15 is 0 Å². The minimum absolute atomic E-state index is 0.0928. The first-order chi connectivity index (χ1) is 30.3. The molecule has 0 radical (unpaired) electrons. The van der Waals surface area contributed by atoms with E-state index in [9.17, 15) is 0 Å². The van der Waals surface area contributed by atoms with Gasteiger partial charge in [0.25, 0.3) is 6.71 Å². The van der Waals surface area contributed by atoms with Gasteiger partial charge in [0, 0.05) is 83.1 Å². The number of fused-ring (bicyclic) bond motifs is 16. The zero-order valence-corrected chi connectivity index (χ0v) is 33.3. The third-order valence-electron chi connectivity index (χ3n) is 12.8. The van der Waals surface area contributed by atoms with Gasteiger partial charge >= 0.3 is 0 Å². The second-order valence-corrected chi connectivity index (χ2v) is 18.2. The molecule has 2 aliphatic heterocycles.